The number of rotatable bonds is 4. The maximum Gasteiger partial charge on any atom is 0.265 e. The molecule has 0 aliphatic rings. The molecule has 0 unspecified atom stereocenters. The fourth-order valence-electron chi connectivity index (χ4n) is 2.13. The predicted octanol–water partition coefficient (Wildman–Crippen LogP) is 5.70. The Balaban J connectivity index is 1.68. The van der Waals surface area contributed by atoms with E-state index in [1.807, 2.05) is 5.38 Å². The second-order valence-electron chi connectivity index (χ2n) is 5.21. The van der Waals surface area contributed by atoms with E-state index >= 15 is 0 Å². The third-order valence-corrected chi connectivity index (χ3v) is 4.87. The van der Waals surface area contributed by atoms with Crippen molar-refractivity contribution in [1.29, 1.82) is 0 Å². The molecule has 2 N–H and O–H groups in total. The van der Waals surface area contributed by atoms with Gasteiger partial charge in [-0.15, -0.1) is 11.3 Å². The van der Waals surface area contributed by atoms with E-state index in [0.717, 1.165) is 6.07 Å². The molecule has 0 bridgehead atoms. The van der Waals surface area contributed by atoms with E-state index in [1.165, 1.54) is 17.4 Å². The van der Waals surface area contributed by atoms with Crippen LogP contribution in [0.4, 0.5) is 15.8 Å². The minimum Gasteiger partial charge on any atom is -0.322 e. The largest absolute Gasteiger partial charge is 0.322 e. The monoisotopic (exact) mass is 408 g/mol. The lowest BCUT2D eigenvalue weighted by Gasteiger charge is -2.09. The average molecular weight is 409 g/mol. The first-order valence-corrected chi connectivity index (χ1v) is 8.98. The summed E-state index contributed by atoms with van der Waals surface area (Å²) in [5.74, 6) is -1.51. The van der Waals surface area contributed by atoms with Crippen molar-refractivity contribution >= 4 is 57.7 Å². The van der Waals surface area contributed by atoms with Gasteiger partial charge in [0.05, 0.1) is 20.5 Å². The Bertz CT molecular complexity index is 960. The highest BCUT2D eigenvalue weighted by Gasteiger charge is 2.14. The Labute approximate surface area is 162 Å². The second kappa shape index (κ2) is 7.86. The van der Waals surface area contributed by atoms with E-state index in [4.69, 9.17) is 23.2 Å². The molecular formula is C18H11Cl2FN2O2S. The molecule has 1 heterocycles. The molecule has 0 saturated carbocycles. The van der Waals surface area contributed by atoms with Crippen LogP contribution in [0.2, 0.25) is 10.0 Å². The van der Waals surface area contributed by atoms with Crippen LogP contribution in [-0.4, -0.2) is 11.8 Å². The van der Waals surface area contributed by atoms with Crippen LogP contribution in [0.5, 0.6) is 0 Å². The molecule has 0 radical (unpaired) electrons. The van der Waals surface area contributed by atoms with Crippen LogP contribution in [0.25, 0.3) is 0 Å². The lowest BCUT2D eigenvalue weighted by atomic mass is 10.2. The Kier molecular flexibility index (Phi) is 5.56. The van der Waals surface area contributed by atoms with Gasteiger partial charge in [0.2, 0.25) is 0 Å². The molecule has 26 heavy (non-hydrogen) atoms. The van der Waals surface area contributed by atoms with E-state index in [2.05, 4.69) is 10.6 Å². The average Bonchev–Trinajstić information content (AvgIpc) is 3.14. The minimum absolute atomic E-state index is 0.0244. The van der Waals surface area contributed by atoms with Crippen LogP contribution in [0.3, 0.4) is 0 Å². The summed E-state index contributed by atoms with van der Waals surface area (Å²) in [4.78, 5) is 24.8. The number of hydrogen-bond acceptors (Lipinski definition) is 3. The van der Waals surface area contributed by atoms with Crippen LogP contribution in [0.1, 0.15) is 20.0 Å². The van der Waals surface area contributed by atoms with Gasteiger partial charge in [0.15, 0.2) is 0 Å². The van der Waals surface area contributed by atoms with Gasteiger partial charge in [-0.2, -0.15) is 0 Å². The predicted molar refractivity (Wildman–Crippen MR) is 103 cm³/mol. The number of nitrogens with one attached hydrogen (secondary N) is 2. The smallest absolute Gasteiger partial charge is 0.265 e. The number of amides is 2. The summed E-state index contributed by atoms with van der Waals surface area (Å²) in [5, 5.41) is 7.08. The standard InChI is InChI=1S/C18H11Cl2FN2O2S/c19-13-9-14(20)15(21)8-12(13)17(24)22-10-3-5-11(6-4-10)23-18(25)16-2-1-7-26-16/h1-9H,(H,22,24)(H,23,25). The maximum atomic E-state index is 13.5. The molecule has 2 aromatic carbocycles. The Morgan fingerprint density at radius 3 is 2.08 bits per heavy atom. The van der Waals surface area contributed by atoms with Gasteiger partial charge in [-0.25, -0.2) is 4.39 Å². The minimum atomic E-state index is -0.729. The number of hydrogen-bond donors (Lipinski definition) is 2. The fourth-order valence-corrected chi connectivity index (χ4v) is 3.22. The summed E-state index contributed by atoms with van der Waals surface area (Å²) in [6.45, 7) is 0. The summed E-state index contributed by atoms with van der Waals surface area (Å²) in [6.07, 6.45) is 0. The number of halogens is 3. The molecule has 0 fully saturated rings. The van der Waals surface area contributed by atoms with Crippen LogP contribution in [-0.2, 0) is 0 Å². The molecule has 1 aromatic heterocycles. The van der Waals surface area contributed by atoms with Gasteiger partial charge in [0, 0.05) is 11.4 Å². The van der Waals surface area contributed by atoms with E-state index in [0.29, 0.717) is 16.3 Å². The Morgan fingerprint density at radius 2 is 1.50 bits per heavy atom. The van der Waals surface area contributed by atoms with Crippen LogP contribution in [0.15, 0.2) is 53.9 Å². The molecular weight excluding hydrogens is 398 g/mol. The van der Waals surface area contributed by atoms with Gasteiger partial charge in [-0.05, 0) is 47.8 Å². The molecule has 132 valence electrons. The number of benzene rings is 2. The molecule has 0 atom stereocenters. The number of carbonyl (C=O) groups excluding carboxylic acids is 2. The number of thiophene rings is 1. The molecule has 4 nitrogen and oxygen atoms in total. The maximum absolute atomic E-state index is 13.5. The molecule has 0 aliphatic heterocycles. The van der Waals surface area contributed by atoms with Crippen molar-refractivity contribution < 1.29 is 14.0 Å². The van der Waals surface area contributed by atoms with Crippen molar-refractivity contribution in [2.24, 2.45) is 0 Å². The van der Waals surface area contributed by atoms with E-state index in [1.54, 1.807) is 36.4 Å². The summed E-state index contributed by atoms with van der Waals surface area (Å²) in [7, 11) is 0. The summed E-state index contributed by atoms with van der Waals surface area (Å²) in [6, 6.07) is 12.2. The number of carbonyl (C=O) groups is 2. The first-order chi connectivity index (χ1) is 12.4. The molecule has 8 heteroatoms. The highest BCUT2D eigenvalue weighted by Crippen LogP contribution is 2.25. The van der Waals surface area contributed by atoms with Crippen molar-refractivity contribution in [1.82, 2.24) is 0 Å². The van der Waals surface area contributed by atoms with Gasteiger partial charge >= 0.3 is 0 Å². The van der Waals surface area contributed by atoms with Gasteiger partial charge in [0.25, 0.3) is 11.8 Å². The van der Waals surface area contributed by atoms with Crippen LogP contribution < -0.4 is 10.6 Å². The van der Waals surface area contributed by atoms with Crippen LogP contribution >= 0.6 is 34.5 Å². The first kappa shape index (κ1) is 18.4. The molecule has 0 saturated heterocycles. The summed E-state index contributed by atoms with van der Waals surface area (Å²) >= 11 is 12.9. The summed E-state index contributed by atoms with van der Waals surface area (Å²) < 4.78 is 13.5. The second-order valence-corrected chi connectivity index (χ2v) is 6.97. The van der Waals surface area contributed by atoms with E-state index in [9.17, 15) is 14.0 Å². The molecule has 2 amide bonds. The normalized spacial score (nSPS) is 10.4. The zero-order chi connectivity index (χ0) is 18.7. The third kappa shape index (κ3) is 4.22. The molecule has 3 rings (SSSR count). The molecule has 3 aromatic rings. The van der Waals surface area contributed by atoms with Gasteiger partial charge < -0.3 is 10.6 Å². The summed E-state index contributed by atoms with van der Waals surface area (Å²) in [5.41, 5.74) is 1.02. The van der Waals surface area contributed by atoms with Gasteiger partial charge in [-0.3, -0.25) is 9.59 Å². The van der Waals surface area contributed by atoms with Gasteiger partial charge in [0.1, 0.15) is 5.82 Å². The van der Waals surface area contributed by atoms with Crippen molar-refractivity contribution in [3.8, 4) is 0 Å². The Morgan fingerprint density at radius 1 is 0.885 bits per heavy atom. The van der Waals surface area contributed by atoms with E-state index < -0.39 is 11.7 Å². The van der Waals surface area contributed by atoms with E-state index in [-0.39, 0.29) is 21.5 Å². The zero-order valence-corrected chi connectivity index (χ0v) is 15.4. The lowest BCUT2D eigenvalue weighted by Crippen LogP contribution is -2.13. The Hall–Kier alpha value is -2.41. The van der Waals surface area contributed by atoms with Crippen molar-refractivity contribution in [3.63, 3.8) is 0 Å². The quantitative estimate of drug-likeness (QED) is 0.544. The number of anilines is 2. The topological polar surface area (TPSA) is 58.2 Å². The van der Waals surface area contributed by atoms with Crippen molar-refractivity contribution in [2.75, 3.05) is 10.6 Å². The SMILES string of the molecule is O=C(Nc1ccc(NC(=O)c2cc(F)c(Cl)cc2Cl)cc1)c1cccs1. The fraction of sp³-hybridized carbons (Fsp3) is 0. The van der Waals surface area contributed by atoms with Gasteiger partial charge in [-0.1, -0.05) is 29.3 Å². The highest BCUT2D eigenvalue weighted by molar-refractivity contribution is 7.12. The first-order valence-electron chi connectivity index (χ1n) is 7.35. The molecule has 0 aliphatic carbocycles. The van der Waals surface area contributed by atoms with Crippen molar-refractivity contribution in [3.05, 3.63) is 80.2 Å². The zero-order valence-electron chi connectivity index (χ0n) is 13.1. The molecule has 0 spiro atoms. The lowest BCUT2D eigenvalue weighted by molar-refractivity contribution is 0.102. The van der Waals surface area contributed by atoms with Crippen molar-refractivity contribution in [2.45, 2.75) is 0 Å². The van der Waals surface area contributed by atoms with Crippen LogP contribution in [0, 0.1) is 5.82 Å². The third-order valence-electron chi connectivity index (χ3n) is 3.40. The highest BCUT2D eigenvalue weighted by atomic mass is 35.5.